The minimum absolute atomic E-state index is 0.504. The van der Waals surface area contributed by atoms with E-state index in [2.05, 4.69) is 20.2 Å². The zero-order chi connectivity index (χ0) is 22.6. The fourth-order valence-corrected chi connectivity index (χ4v) is 3.94. The number of rotatable bonds is 6. The molecule has 2 aromatic carbocycles. The van der Waals surface area contributed by atoms with E-state index < -0.39 is 5.97 Å². The molecule has 1 aliphatic rings. The highest BCUT2D eigenvalue weighted by Gasteiger charge is 2.19. The van der Waals surface area contributed by atoms with Crippen molar-refractivity contribution in [1.82, 2.24) is 15.0 Å². The number of morpholine rings is 1. The highest BCUT2D eigenvalue weighted by atomic mass is 16.5. The van der Waals surface area contributed by atoms with Crippen molar-refractivity contribution in [1.29, 1.82) is 0 Å². The number of nitrogens with zero attached hydrogens (tertiary/aromatic N) is 3. The maximum Gasteiger partial charge on any atom is 0.328 e. The summed E-state index contributed by atoms with van der Waals surface area (Å²) < 4.78 is 5.54. The van der Waals surface area contributed by atoms with E-state index in [9.17, 15) is 4.79 Å². The summed E-state index contributed by atoms with van der Waals surface area (Å²) in [5, 5.41) is 13.4. The van der Waals surface area contributed by atoms with Crippen LogP contribution in [-0.2, 0) is 9.53 Å². The molecule has 1 fully saturated rings. The van der Waals surface area contributed by atoms with E-state index in [-0.39, 0.29) is 0 Å². The molecule has 3 N–H and O–H groups in total. The standard InChI is InChI=1S/C25H23N5O3/c31-22(32)8-7-17-3-1-5-19(15-17)20-16-27-25(29-24(20)30-11-13-33-14-12-30)28-21-6-2-4-18-9-10-26-23(18)21/h1-10,15-16,26H,11-14H2,(H,31,32)(H,27,28,29)/b8-7+. The third-order valence-electron chi connectivity index (χ3n) is 5.53. The Kier molecular flexibility index (Phi) is 5.73. The summed E-state index contributed by atoms with van der Waals surface area (Å²) in [6.45, 7) is 2.73. The van der Waals surface area contributed by atoms with Gasteiger partial charge >= 0.3 is 5.97 Å². The zero-order valence-electron chi connectivity index (χ0n) is 17.9. The van der Waals surface area contributed by atoms with Crippen molar-refractivity contribution in [2.75, 3.05) is 36.5 Å². The Balaban J connectivity index is 1.53. The summed E-state index contributed by atoms with van der Waals surface area (Å²) in [5.41, 5.74) is 4.49. The van der Waals surface area contributed by atoms with Crippen LogP contribution < -0.4 is 10.2 Å². The van der Waals surface area contributed by atoms with Crippen LogP contribution in [0.1, 0.15) is 5.56 Å². The van der Waals surface area contributed by atoms with Gasteiger partial charge in [-0.2, -0.15) is 4.98 Å². The van der Waals surface area contributed by atoms with Gasteiger partial charge < -0.3 is 25.0 Å². The summed E-state index contributed by atoms with van der Waals surface area (Å²) in [6.07, 6.45) is 6.43. The van der Waals surface area contributed by atoms with Gasteiger partial charge in [0.15, 0.2) is 0 Å². The van der Waals surface area contributed by atoms with Crippen molar-refractivity contribution < 1.29 is 14.6 Å². The first kappa shape index (κ1) is 20.7. The van der Waals surface area contributed by atoms with Gasteiger partial charge in [0, 0.05) is 42.5 Å². The molecule has 0 saturated carbocycles. The topological polar surface area (TPSA) is 103 Å². The Morgan fingerprint density at radius 1 is 1.15 bits per heavy atom. The lowest BCUT2D eigenvalue weighted by molar-refractivity contribution is -0.131. The molecule has 8 nitrogen and oxygen atoms in total. The van der Waals surface area contributed by atoms with Crippen LogP contribution >= 0.6 is 0 Å². The Bertz CT molecular complexity index is 1320. The molecule has 0 spiro atoms. The number of hydrogen-bond acceptors (Lipinski definition) is 6. The van der Waals surface area contributed by atoms with Crippen LogP contribution in [0.25, 0.3) is 28.1 Å². The van der Waals surface area contributed by atoms with Crippen molar-refractivity contribution in [2.24, 2.45) is 0 Å². The normalized spacial score (nSPS) is 14.1. The van der Waals surface area contributed by atoms with Crippen molar-refractivity contribution >= 4 is 40.4 Å². The summed E-state index contributed by atoms with van der Waals surface area (Å²) in [6, 6.07) is 15.7. The Morgan fingerprint density at radius 2 is 2.00 bits per heavy atom. The number of H-pyrrole nitrogens is 1. The van der Waals surface area contributed by atoms with Crippen LogP contribution in [0.3, 0.4) is 0 Å². The first-order valence-corrected chi connectivity index (χ1v) is 10.7. The van der Waals surface area contributed by atoms with Crippen molar-refractivity contribution in [3.63, 3.8) is 0 Å². The highest BCUT2D eigenvalue weighted by Crippen LogP contribution is 2.32. The molecule has 2 aromatic heterocycles. The molecule has 1 aliphatic heterocycles. The quantitative estimate of drug-likeness (QED) is 0.383. The van der Waals surface area contributed by atoms with Crippen LogP contribution in [0.2, 0.25) is 0 Å². The minimum Gasteiger partial charge on any atom is -0.478 e. The molecule has 4 aromatic rings. The molecular formula is C25H23N5O3. The number of anilines is 3. The van der Waals surface area contributed by atoms with Crippen LogP contribution in [0.15, 0.2) is 67.0 Å². The predicted molar refractivity (Wildman–Crippen MR) is 129 cm³/mol. The average Bonchev–Trinajstić information content (AvgIpc) is 3.34. The van der Waals surface area contributed by atoms with Crippen molar-refractivity contribution in [2.45, 2.75) is 0 Å². The number of carboxylic acids is 1. The monoisotopic (exact) mass is 441 g/mol. The number of para-hydroxylation sites is 1. The fourth-order valence-electron chi connectivity index (χ4n) is 3.94. The summed E-state index contributed by atoms with van der Waals surface area (Å²) in [7, 11) is 0. The summed E-state index contributed by atoms with van der Waals surface area (Å²) in [4.78, 5) is 25.8. The molecule has 0 aliphatic carbocycles. The van der Waals surface area contributed by atoms with Gasteiger partial charge in [-0.3, -0.25) is 0 Å². The maximum absolute atomic E-state index is 10.9. The number of carboxylic acid groups (broad SMARTS) is 1. The van der Waals surface area contributed by atoms with Gasteiger partial charge in [0.05, 0.1) is 24.4 Å². The lowest BCUT2D eigenvalue weighted by Crippen LogP contribution is -2.37. The van der Waals surface area contributed by atoms with Crippen molar-refractivity contribution in [3.8, 4) is 11.1 Å². The number of benzene rings is 2. The van der Waals surface area contributed by atoms with E-state index in [1.807, 2.05) is 60.9 Å². The SMILES string of the molecule is O=C(O)/C=C/c1cccc(-c2cnc(Nc3cccc4cc[nH]c34)nc2N2CCOCC2)c1. The third-order valence-corrected chi connectivity index (χ3v) is 5.53. The van der Waals surface area contributed by atoms with Gasteiger partial charge in [0.25, 0.3) is 0 Å². The van der Waals surface area contributed by atoms with Gasteiger partial charge in [-0.25, -0.2) is 9.78 Å². The van der Waals surface area contributed by atoms with Crippen LogP contribution in [0, 0.1) is 0 Å². The van der Waals surface area contributed by atoms with E-state index >= 15 is 0 Å². The van der Waals surface area contributed by atoms with Gasteiger partial charge in [-0.1, -0.05) is 30.3 Å². The largest absolute Gasteiger partial charge is 0.478 e. The maximum atomic E-state index is 10.9. The number of nitrogens with one attached hydrogen (secondary N) is 2. The summed E-state index contributed by atoms with van der Waals surface area (Å²) in [5.74, 6) is 0.336. The molecule has 5 rings (SSSR count). The molecule has 1 saturated heterocycles. The molecular weight excluding hydrogens is 418 g/mol. The second-order valence-corrected chi connectivity index (χ2v) is 7.70. The molecule has 3 heterocycles. The van der Waals surface area contributed by atoms with E-state index in [1.54, 1.807) is 6.08 Å². The first-order valence-electron chi connectivity index (χ1n) is 10.7. The Labute approximate surface area is 190 Å². The van der Waals surface area contributed by atoms with Gasteiger partial charge in [-0.05, 0) is 35.4 Å². The first-order chi connectivity index (χ1) is 16.2. The van der Waals surface area contributed by atoms with Gasteiger partial charge in [0.1, 0.15) is 5.82 Å². The number of ether oxygens (including phenoxy) is 1. The fraction of sp³-hybridized carbons (Fsp3) is 0.160. The van der Waals surface area contributed by atoms with Gasteiger partial charge in [0.2, 0.25) is 5.95 Å². The van der Waals surface area contributed by atoms with Crippen LogP contribution in [-0.4, -0.2) is 52.3 Å². The molecule has 8 heteroatoms. The van der Waals surface area contributed by atoms with Gasteiger partial charge in [-0.15, -0.1) is 0 Å². The number of hydrogen-bond donors (Lipinski definition) is 3. The zero-order valence-corrected chi connectivity index (χ0v) is 17.9. The molecule has 0 radical (unpaired) electrons. The molecule has 166 valence electrons. The van der Waals surface area contributed by atoms with E-state index in [0.29, 0.717) is 19.2 Å². The Hall–Kier alpha value is -4.17. The average molecular weight is 441 g/mol. The number of aromatic nitrogens is 3. The molecule has 0 bridgehead atoms. The lowest BCUT2D eigenvalue weighted by Gasteiger charge is -2.29. The molecule has 0 amide bonds. The van der Waals surface area contributed by atoms with Crippen molar-refractivity contribution in [3.05, 3.63) is 72.6 Å². The second kappa shape index (κ2) is 9.13. The predicted octanol–water partition coefficient (Wildman–Crippen LogP) is 4.30. The number of aromatic amines is 1. The Morgan fingerprint density at radius 3 is 2.85 bits per heavy atom. The third kappa shape index (κ3) is 4.56. The second-order valence-electron chi connectivity index (χ2n) is 7.70. The van der Waals surface area contributed by atoms with Crippen LogP contribution in [0.4, 0.5) is 17.5 Å². The van der Waals surface area contributed by atoms with E-state index in [1.165, 1.54) is 0 Å². The smallest absolute Gasteiger partial charge is 0.328 e. The van der Waals surface area contributed by atoms with E-state index in [0.717, 1.165) is 58.3 Å². The summed E-state index contributed by atoms with van der Waals surface area (Å²) >= 11 is 0. The van der Waals surface area contributed by atoms with E-state index in [4.69, 9.17) is 14.8 Å². The number of fused-ring (bicyclic) bond motifs is 1. The minimum atomic E-state index is -0.981. The highest BCUT2D eigenvalue weighted by molar-refractivity contribution is 5.92. The number of carbonyl (C=O) groups is 1. The molecule has 0 atom stereocenters. The molecule has 33 heavy (non-hydrogen) atoms. The van der Waals surface area contributed by atoms with Crippen LogP contribution in [0.5, 0.6) is 0 Å². The molecule has 0 unspecified atom stereocenters. The lowest BCUT2D eigenvalue weighted by atomic mass is 10.0. The number of aliphatic carboxylic acids is 1.